The molecule has 1 fully saturated rings. The molecule has 0 bridgehead atoms. The lowest BCUT2D eigenvalue weighted by atomic mass is 10.1. The zero-order chi connectivity index (χ0) is 14.7. The van der Waals surface area contributed by atoms with Crippen LogP contribution >= 0.6 is 0 Å². The second-order valence-corrected chi connectivity index (χ2v) is 5.59. The molecule has 1 aliphatic heterocycles. The highest BCUT2D eigenvalue weighted by Gasteiger charge is 2.27. The van der Waals surface area contributed by atoms with Gasteiger partial charge in [-0.25, -0.2) is 0 Å². The molecule has 0 unspecified atom stereocenters. The van der Waals surface area contributed by atoms with Crippen molar-refractivity contribution >= 4 is 0 Å². The molecule has 2 atom stereocenters. The zero-order valence-corrected chi connectivity index (χ0v) is 12.4. The zero-order valence-electron chi connectivity index (χ0n) is 12.4. The van der Waals surface area contributed by atoms with E-state index < -0.39 is 0 Å². The Balaban J connectivity index is 2.25. The third-order valence-corrected chi connectivity index (χ3v) is 3.86. The molecule has 0 aromatic heterocycles. The molecule has 112 valence electrons. The molecular formula is C15H25N3O2. The van der Waals surface area contributed by atoms with Gasteiger partial charge in [-0.2, -0.15) is 0 Å². The van der Waals surface area contributed by atoms with Crippen LogP contribution in [0.1, 0.15) is 19.8 Å². The van der Waals surface area contributed by atoms with Crippen LogP contribution in [0.25, 0.3) is 0 Å². The lowest BCUT2D eigenvalue weighted by Crippen LogP contribution is -2.54. The summed E-state index contributed by atoms with van der Waals surface area (Å²) in [6, 6.07) is 0.0761. The van der Waals surface area contributed by atoms with Gasteiger partial charge in [0, 0.05) is 44.2 Å². The minimum absolute atomic E-state index is 0.0761. The number of methoxy groups -OCH3 is 1. The molecule has 5 nitrogen and oxygen atoms in total. The van der Waals surface area contributed by atoms with Gasteiger partial charge < -0.3 is 25.8 Å². The topological polar surface area (TPSA) is 70.8 Å². The molecule has 5 heteroatoms. The highest BCUT2D eigenvalue weighted by atomic mass is 16.5. The quantitative estimate of drug-likeness (QED) is 0.663. The molecule has 1 aliphatic carbocycles. The number of aliphatic hydroxyl groups is 1. The summed E-state index contributed by atoms with van der Waals surface area (Å²) in [7, 11) is 1.67. The monoisotopic (exact) mass is 279 g/mol. The minimum atomic E-state index is -0.376. The largest absolute Gasteiger partial charge is 0.495 e. The number of hydrogen-bond donors (Lipinski definition) is 3. The summed E-state index contributed by atoms with van der Waals surface area (Å²) in [6.07, 6.45) is 3.00. The second kappa shape index (κ2) is 6.33. The Labute approximate surface area is 120 Å². The smallest absolute Gasteiger partial charge is 0.139 e. The molecule has 0 spiro atoms. The van der Waals surface area contributed by atoms with Gasteiger partial charge in [0.1, 0.15) is 5.76 Å². The molecule has 0 aromatic carbocycles. The molecule has 2 aliphatic rings. The molecule has 20 heavy (non-hydrogen) atoms. The van der Waals surface area contributed by atoms with Crippen LogP contribution in [0.3, 0.4) is 0 Å². The number of nitrogens with one attached hydrogen (secondary N) is 1. The number of nitrogens with zero attached hydrogens (tertiary/aromatic N) is 1. The van der Waals surface area contributed by atoms with E-state index >= 15 is 0 Å². The number of allylic oxidation sites excluding steroid dienone is 3. The second-order valence-electron chi connectivity index (χ2n) is 5.59. The van der Waals surface area contributed by atoms with Crippen molar-refractivity contribution in [3.63, 3.8) is 0 Å². The average molecular weight is 279 g/mol. The first-order valence-electron chi connectivity index (χ1n) is 7.07. The van der Waals surface area contributed by atoms with Gasteiger partial charge >= 0.3 is 0 Å². The van der Waals surface area contributed by atoms with E-state index in [9.17, 15) is 5.11 Å². The third kappa shape index (κ3) is 3.35. The normalized spacial score (nSPS) is 26.1. The molecule has 0 aromatic rings. The maximum atomic E-state index is 9.78. The number of piperazine rings is 1. The van der Waals surface area contributed by atoms with Gasteiger partial charge in [-0.15, -0.1) is 0 Å². The van der Waals surface area contributed by atoms with Gasteiger partial charge in [-0.1, -0.05) is 12.2 Å². The fraction of sp³-hybridized carbons (Fsp3) is 0.600. The van der Waals surface area contributed by atoms with Crippen LogP contribution in [0.4, 0.5) is 0 Å². The van der Waals surface area contributed by atoms with E-state index in [0.29, 0.717) is 6.42 Å². The fourth-order valence-corrected chi connectivity index (χ4v) is 2.77. The molecule has 1 saturated heterocycles. The minimum Gasteiger partial charge on any atom is -0.495 e. The Morgan fingerprint density at radius 2 is 2.30 bits per heavy atom. The summed E-state index contributed by atoms with van der Waals surface area (Å²) in [5.74, 6) is 0.812. The van der Waals surface area contributed by atoms with E-state index in [1.807, 2.05) is 13.0 Å². The maximum absolute atomic E-state index is 9.78. The van der Waals surface area contributed by atoms with E-state index in [0.717, 1.165) is 48.8 Å². The van der Waals surface area contributed by atoms with Crippen LogP contribution in [0.15, 0.2) is 35.4 Å². The van der Waals surface area contributed by atoms with E-state index in [2.05, 4.69) is 16.8 Å². The van der Waals surface area contributed by atoms with Gasteiger partial charge in [0.2, 0.25) is 0 Å². The van der Waals surface area contributed by atoms with Crippen LogP contribution in [-0.2, 0) is 4.74 Å². The summed E-state index contributed by atoms with van der Waals surface area (Å²) in [6.45, 7) is 8.42. The van der Waals surface area contributed by atoms with Crippen LogP contribution in [0, 0.1) is 0 Å². The number of ether oxygens (including phenoxy) is 1. The average Bonchev–Trinajstić information content (AvgIpc) is 2.56. The van der Waals surface area contributed by atoms with Gasteiger partial charge in [-0.3, -0.25) is 0 Å². The van der Waals surface area contributed by atoms with Crippen molar-refractivity contribution in [1.82, 2.24) is 10.2 Å². The Bertz CT molecular complexity index is 440. The number of rotatable bonds is 3. The first kappa shape index (κ1) is 14.9. The fourth-order valence-electron chi connectivity index (χ4n) is 2.77. The number of nitrogens with two attached hydrogens (primary N) is 1. The molecule has 4 N–H and O–H groups in total. The van der Waals surface area contributed by atoms with Gasteiger partial charge in [0.05, 0.1) is 25.0 Å². The lowest BCUT2D eigenvalue weighted by molar-refractivity contribution is 0.101. The van der Waals surface area contributed by atoms with E-state index in [1.54, 1.807) is 7.11 Å². The van der Waals surface area contributed by atoms with Gasteiger partial charge in [-0.05, 0) is 6.92 Å². The maximum Gasteiger partial charge on any atom is 0.139 e. The number of hydrogen-bond acceptors (Lipinski definition) is 5. The summed E-state index contributed by atoms with van der Waals surface area (Å²) in [5, 5.41) is 13.1. The summed E-state index contributed by atoms with van der Waals surface area (Å²) < 4.78 is 5.51. The summed E-state index contributed by atoms with van der Waals surface area (Å²) in [5.41, 5.74) is 8.96. The van der Waals surface area contributed by atoms with E-state index in [4.69, 9.17) is 10.5 Å². The highest BCUT2D eigenvalue weighted by Crippen LogP contribution is 2.28. The Morgan fingerprint density at radius 3 is 2.95 bits per heavy atom. The van der Waals surface area contributed by atoms with Crippen LogP contribution in [-0.4, -0.2) is 48.9 Å². The van der Waals surface area contributed by atoms with E-state index in [-0.39, 0.29) is 12.1 Å². The van der Waals surface area contributed by atoms with Crippen molar-refractivity contribution in [2.45, 2.75) is 31.9 Å². The molecule has 0 amide bonds. The van der Waals surface area contributed by atoms with Crippen molar-refractivity contribution in [2.24, 2.45) is 5.73 Å². The van der Waals surface area contributed by atoms with Crippen molar-refractivity contribution in [2.75, 3.05) is 26.7 Å². The Morgan fingerprint density at radius 1 is 1.55 bits per heavy atom. The van der Waals surface area contributed by atoms with Crippen LogP contribution in [0.5, 0.6) is 0 Å². The molecule has 1 heterocycles. The molecule has 0 radical (unpaired) electrons. The van der Waals surface area contributed by atoms with Crippen molar-refractivity contribution in [3.05, 3.63) is 35.4 Å². The molecule has 0 saturated carbocycles. The van der Waals surface area contributed by atoms with Crippen LogP contribution < -0.4 is 11.1 Å². The SMILES string of the molecule is C=C1CC(N)=CC(OC)=C(N2CCN[C@@H]([C@@H](C)O)C2)C1. The first-order valence-corrected chi connectivity index (χ1v) is 7.07. The van der Waals surface area contributed by atoms with Crippen molar-refractivity contribution in [3.8, 4) is 0 Å². The van der Waals surface area contributed by atoms with Crippen LogP contribution in [0.2, 0.25) is 0 Å². The standard InChI is InChI=1S/C15H25N3O2/c1-10-6-12(16)8-15(20-3)14(7-10)18-5-4-17-13(9-18)11(2)19/h8,11,13,17,19H,1,4-7,9,16H2,2-3H3/t11-,13-/m1/s1. The predicted octanol–water partition coefficient (Wildman–Crippen LogP) is 0.692. The van der Waals surface area contributed by atoms with Crippen molar-refractivity contribution < 1.29 is 9.84 Å². The Hall–Kier alpha value is -1.46. The van der Waals surface area contributed by atoms with Crippen molar-refractivity contribution in [1.29, 1.82) is 0 Å². The summed E-state index contributed by atoms with van der Waals surface area (Å²) in [4.78, 5) is 2.27. The first-order chi connectivity index (χ1) is 9.51. The Kier molecular flexibility index (Phi) is 4.73. The lowest BCUT2D eigenvalue weighted by Gasteiger charge is -2.38. The summed E-state index contributed by atoms with van der Waals surface area (Å²) >= 11 is 0. The van der Waals surface area contributed by atoms with Gasteiger partial charge in [0.15, 0.2) is 0 Å². The molecular weight excluding hydrogens is 254 g/mol. The van der Waals surface area contributed by atoms with Gasteiger partial charge in [0.25, 0.3) is 0 Å². The molecule has 2 rings (SSSR count). The third-order valence-electron chi connectivity index (χ3n) is 3.86. The predicted molar refractivity (Wildman–Crippen MR) is 79.7 cm³/mol. The highest BCUT2D eigenvalue weighted by molar-refractivity contribution is 5.32. The van der Waals surface area contributed by atoms with E-state index in [1.165, 1.54) is 0 Å². The number of aliphatic hydroxyl groups excluding tert-OH is 1.